The molecule has 242 valence electrons. The number of alkyl carbamates (subject to hydrolysis) is 1. The number of hydrogen-bond donors (Lipinski definition) is 2. The van der Waals surface area contributed by atoms with Crippen molar-refractivity contribution in [3.8, 4) is 16.9 Å². The van der Waals surface area contributed by atoms with Gasteiger partial charge in [-0.25, -0.2) is 19.3 Å². The van der Waals surface area contributed by atoms with Gasteiger partial charge in [-0.2, -0.15) is 5.10 Å². The van der Waals surface area contributed by atoms with Crippen molar-refractivity contribution in [3.63, 3.8) is 0 Å². The summed E-state index contributed by atoms with van der Waals surface area (Å²) in [7, 11) is 0. The summed E-state index contributed by atoms with van der Waals surface area (Å²) in [5.74, 6) is 1.16. The number of anilines is 1. The number of amides is 2. The Kier molecular flexibility index (Phi) is 9.76. The number of carbonyl (C=O) groups excluding carboxylic acids is 2. The monoisotopic (exact) mass is 646 g/mol. The van der Waals surface area contributed by atoms with Gasteiger partial charge in [-0.1, -0.05) is 11.6 Å². The molecule has 1 aliphatic rings. The number of carbonyl (C=O) groups is 2. The molecule has 0 aliphatic carbocycles. The minimum Gasteiger partial charge on any atom is -0.490 e. The van der Waals surface area contributed by atoms with E-state index in [0.717, 1.165) is 54.0 Å². The van der Waals surface area contributed by atoms with E-state index >= 15 is 0 Å². The third-order valence-corrected chi connectivity index (χ3v) is 7.93. The van der Waals surface area contributed by atoms with E-state index in [1.165, 1.54) is 0 Å². The van der Waals surface area contributed by atoms with Gasteiger partial charge in [-0.05, 0) is 77.6 Å². The van der Waals surface area contributed by atoms with Gasteiger partial charge in [0.2, 0.25) is 0 Å². The lowest BCUT2D eigenvalue weighted by Crippen LogP contribution is -2.53. The van der Waals surface area contributed by atoms with Crippen LogP contribution in [-0.2, 0) is 11.3 Å². The second-order valence-electron chi connectivity index (χ2n) is 12.5. The Morgan fingerprint density at radius 3 is 2.61 bits per heavy atom. The number of rotatable bonds is 10. The highest BCUT2D eigenvalue weighted by molar-refractivity contribution is 6.33. The second kappa shape index (κ2) is 13.7. The third-order valence-electron chi connectivity index (χ3n) is 7.62. The molecule has 0 atom stereocenters. The van der Waals surface area contributed by atoms with Crippen molar-refractivity contribution in [2.45, 2.75) is 58.2 Å². The topological polar surface area (TPSA) is 135 Å². The molecule has 4 aromatic heterocycles. The van der Waals surface area contributed by atoms with Crippen molar-refractivity contribution in [1.82, 2.24) is 30.2 Å². The number of aliphatic imine (C=N–C) groups is 1. The molecule has 2 amide bonds. The van der Waals surface area contributed by atoms with Crippen LogP contribution in [0.2, 0.25) is 5.02 Å². The van der Waals surface area contributed by atoms with Gasteiger partial charge in [0.15, 0.2) is 0 Å². The van der Waals surface area contributed by atoms with Crippen LogP contribution in [-0.4, -0.2) is 75.7 Å². The van der Waals surface area contributed by atoms with Gasteiger partial charge >= 0.3 is 6.09 Å². The van der Waals surface area contributed by atoms with Gasteiger partial charge in [0, 0.05) is 47.7 Å². The van der Waals surface area contributed by atoms with Gasteiger partial charge in [0.25, 0.3) is 5.91 Å². The molecule has 46 heavy (non-hydrogen) atoms. The van der Waals surface area contributed by atoms with Gasteiger partial charge in [-0.3, -0.25) is 9.79 Å². The average molecular weight is 647 g/mol. The van der Waals surface area contributed by atoms with Crippen LogP contribution in [0.4, 0.5) is 10.6 Å². The fourth-order valence-electron chi connectivity index (χ4n) is 5.30. The first kappa shape index (κ1) is 32.7. The number of hydrogen-bond acceptors (Lipinski definition) is 9. The number of fused-ring (bicyclic) bond motifs is 1. The normalized spacial score (nSPS) is 14.5. The number of piperidine rings is 1. The van der Waals surface area contributed by atoms with E-state index in [4.69, 9.17) is 26.1 Å². The number of nitrogens with one attached hydrogen (secondary N) is 2. The van der Waals surface area contributed by atoms with E-state index in [2.05, 4.69) is 37.3 Å². The van der Waals surface area contributed by atoms with Crippen molar-refractivity contribution in [2.24, 2.45) is 4.99 Å². The van der Waals surface area contributed by atoms with E-state index in [0.29, 0.717) is 17.3 Å². The molecule has 13 heteroatoms. The Balaban J connectivity index is 1.27. The standard InChI is InChI=1S/C33H39ClN8O4/c1-32(2,3)46-31(44)37-13-16-45-24-17-25(29-23(18-35-5)20-39-42(29)21-24)22-8-9-27(38-19-22)41-14-10-33(4,11-15-41)40-30(43)28-26(34)7-6-12-36-28/h6-9,12,17,19-21H,5,10-11,13-16,18H2,1-4H3,(H,37,44)(H,40,43). The molecule has 0 unspecified atom stereocenters. The predicted molar refractivity (Wildman–Crippen MR) is 178 cm³/mol. The summed E-state index contributed by atoms with van der Waals surface area (Å²) in [6.07, 6.45) is 7.96. The highest BCUT2D eigenvalue weighted by atomic mass is 35.5. The van der Waals surface area contributed by atoms with Crippen LogP contribution in [0.15, 0.2) is 60.1 Å². The zero-order valence-electron chi connectivity index (χ0n) is 26.5. The summed E-state index contributed by atoms with van der Waals surface area (Å²) in [6.45, 7) is 13.5. The number of ether oxygens (including phenoxy) is 2. The van der Waals surface area contributed by atoms with Gasteiger partial charge in [-0.15, -0.1) is 0 Å². The molecule has 1 fully saturated rings. The Bertz CT molecular complexity index is 1710. The van der Waals surface area contributed by atoms with Gasteiger partial charge in [0.05, 0.1) is 36.0 Å². The summed E-state index contributed by atoms with van der Waals surface area (Å²) in [4.78, 5) is 40.0. The van der Waals surface area contributed by atoms with Gasteiger partial charge in [0.1, 0.15) is 29.5 Å². The molecule has 1 saturated heterocycles. The molecule has 0 spiro atoms. The lowest BCUT2D eigenvalue weighted by atomic mass is 9.89. The second-order valence-corrected chi connectivity index (χ2v) is 12.9. The Labute approximate surface area is 273 Å². The number of nitrogens with zero attached hydrogens (tertiary/aromatic N) is 6. The van der Waals surface area contributed by atoms with Crippen LogP contribution in [0.3, 0.4) is 0 Å². The van der Waals surface area contributed by atoms with Gasteiger partial charge < -0.3 is 25.0 Å². The van der Waals surface area contributed by atoms with E-state index < -0.39 is 11.7 Å². The number of pyridine rings is 3. The minimum atomic E-state index is -0.575. The van der Waals surface area contributed by atoms with Crippen molar-refractivity contribution in [3.05, 3.63) is 71.4 Å². The van der Waals surface area contributed by atoms with E-state index in [9.17, 15) is 9.59 Å². The van der Waals surface area contributed by atoms with Crippen LogP contribution >= 0.6 is 11.6 Å². The quantitative estimate of drug-likeness (QED) is 0.174. The molecule has 0 aromatic carbocycles. The summed E-state index contributed by atoms with van der Waals surface area (Å²) in [5, 5.41) is 10.7. The number of halogens is 1. The average Bonchev–Trinajstić information content (AvgIpc) is 3.41. The summed E-state index contributed by atoms with van der Waals surface area (Å²) < 4.78 is 13.0. The van der Waals surface area contributed by atoms with Crippen LogP contribution < -0.4 is 20.3 Å². The maximum absolute atomic E-state index is 12.8. The first-order valence-electron chi connectivity index (χ1n) is 15.1. The largest absolute Gasteiger partial charge is 0.490 e. The lowest BCUT2D eigenvalue weighted by Gasteiger charge is -2.40. The van der Waals surface area contributed by atoms with Crippen molar-refractivity contribution in [2.75, 3.05) is 31.1 Å². The summed E-state index contributed by atoms with van der Waals surface area (Å²) in [5.41, 5.74) is 2.86. The fraction of sp³-hybridized carbons (Fsp3) is 0.394. The fourth-order valence-corrected chi connectivity index (χ4v) is 5.51. The zero-order valence-corrected chi connectivity index (χ0v) is 27.3. The summed E-state index contributed by atoms with van der Waals surface area (Å²) >= 11 is 6.18. The molecule has 4 aromatic rings. The van der Waals surface area contributed by atoms with Crippen LogP contribution in [0.25, 0.3) is 16.6 Å². The molecule has 2 N–H and O–H groups in total. The Morgan fingerprint density at radius 1 is 1.15 bits per heavy atom. The maximum atomic E-state index is 12.8. The van der Waals surface area contributed by atoms with Crippen LogP contribution in [0.1, 0.15) is 56.6 Å². The third kappa shape index (κ3) is 7.92. The molecule has 5 rings (SSSR count). The lowest BCUT2D eigenvalue weighted by molar-refractivity contribution is 0.0520. The van der Waals surface area contributed by atoms with E-state index in [1.807, 2.05) is 52.1 Å². The molecule has 0 saturated carbocycles. The van der Waals surface area contributed by atoms with Crippen molar-refractivity contribution < 1.29 is 19.1 Å². The molecule has 0 bridgehead atoms. The minimum absolute atomic E-state index is 0.233. The highest BCUT2D eigenvalue weighted by Crippen LogP contribution is 2.33. The Morgan fingerprint density at radius 2 is 1.93 bits per heavy atom. The molecular weight excluding hydrogens is 608 g/mol. The molecule has 1 aliphatic heterocycles. The van der Waals surface area contributed by atoms with Crippen LogP contribution in [0.5, 0.6) is 5.75 Å². The molecule has 5 heterocycles. The smallest absolute Gasteiger partial charge is 0.407 e. The van der Waals surface area contributed by atoms with Crippen molar-refractivity contribution in [1.29, 1.82) is 0 Å². The van der Waals surface area contributed by atoms with E-state index in [1.54, 1.807) is 35.2 Å². The zero-order chi connectivity index (χ0) is 32.9. The maximum Gasteiger partial charge on any atom is 0.407 e. The molecular formula is C33H39ClN8O4. The predicted octanol–water partition coefficient (Wildman–Crippen LogP) is 5.34. The van der Waals surface area contributed by atoms with Crippen LogP contribution in [0, 0.1) is 0 Å². The molecule has 12 nitrogen and oxygen atoms in total. The first-order valence-corrected chi connectivity index (χ1v) is 15.5. The SMILES string of the molecule is C=NCc1cnn2cc(OCCNC(=O)OC(C)(C)C)cc(-c3ccc(N4CCC(C)(NC(=O)c5ncccc5Cl)CC4)nc3)c12. The number of aromatic nitrogens is 4. The first-order chi connectivity index (χ1) is 21.9. The van der Waals surface area contributed by atoms with Crippen molar-refractivity contribution >= 4 is 41.7 Å². The summed E-state index contributed by atoms with van der Waals surface area (Å²) in [6, 6.07) is 9.33. The molecule has 0 radical (unpaired) electrons. The Hall–Kier alpha value is -4.71. The highest BCUT2D eigenvalue weighted by Gasteiger charge is 2.33. The van der Waals surface area contributed by atoms with E-state index in [-0.39, 0.29) is 30.3 Å².